The maximum atomic E-state index is 12.5. The van der Waals surface area contributed by atoms with Gasteiger partial charge in [0.1, 0.15) is 0 Å². The van der Waals surface area contributed by atoms with Crippen molar-refractivity contribution >= 4 is 46.7 Å². The van der Waals surface area contributed by atoms with Crippen molar-refractivity contribution in [3.05, 3.63) is 62.9 Å². The number of carbonyl (C=O) groups excluding carboxylic acids is 2. The predicted octanol–water partition coefficient (Wildman–Crippen LogP) is 4.22. The fraction of sp³-hybridized carbons (Fsp3) is 0.235. The summed E-state index contributed by atoms with van der Waals surface area (Å²) >= 11 is 17.8. The van der Waals surface area contributed by atoms with Crippen molar-refractivity contribution in [1.29, 1.82) is 0 Å². The highest BCUT2D eigenvalue weighted by molar-refractivity contribution is 6.48. The smallest absolute Gasteiger partial charge is 0.359 e. The fourth-order valence-corrected chi connectivity index (χ4v) is 2.71. The van der Waals surface area contributed by atoms with Crippen LogP contribution in [0, 0.1) is 0 Å². The Morgan fingerprint density at radius 3 is 2.44 bits per heavy atom. The van der Waals surface area contributed by atoms with Crippen molar-refractivity contribution in [2.75, 3.05) is 0 Å². The highest BCUT2D eigenvalue weighted by Gasteiger charge is 2.32. The highest BCUT2D eigenvalue weighted by atomic mass is 35.5. The minimum Gasteiger partial charge on any atom is -0.443 e. The first-order valence-electron chi connectivity index (χ1n) is 7.53. The Morgan fingerprint density at radius 1 is 1.12 bits per heavy atom. The van der Waals surface area contributed by atoms with Gasteiger partial charge >= 0.3 is 5.97 Å². The molecule has 1 fully saturated rings. The third kappa shape index (κ3) is 4.24. The zero-order valence-electron chi connectivity index (χ0n) is 12.8. The van der Waals surface area contributed by atoms with E-state index >= 15 is 0 Å². The quantitative estimate of drug-likeness (QED) is 0.764. The average Bonchev–Trinajstić information content (AvgIpc) is 3.42. The summed E-state index contributed by atoms with van der Waals surface area (Å²) in [5, 5.41) is 2.83. The Hall–Kier alpha value is -1.82. The maximum absolute atomic E-state index is 12.5. The third-order valence-corrected chi connectivity index (χ3v) is 4.84. The summed E-state index contributed by atoms with van der Waals surface area (Å²) < 4.78 is 5.39. The summed E-state index contributed by atoms with van der Waals surface area (Å²) in [6, 6.07) is 8.85. The molecule has 25 heavy (non-hydrogen) atoms. The predicted molar refractivity (Wildman–Crippen MR) is 95.0 cm³/mol. The lowest BCUT2D eigenvalue weighted by molar-refractivity contribution is -0.130. The number of hydrogen-bond donors (Lipinski definition) is 1. The number of rotatable bonds is 5. The molecule has 0 aliphatic heterocycles. The molecule has 1 saturated carbocycles. The first-order chi connectivity index (χ1) is 12.0. The van der Waals surface area contributed by atoms with Crippen molar-refractivity contribution in [2.45, 2.75) is 25.0 Å². The van der Waals surface area contributed by atoms with Gasteiger partial charge in [-0.2, -0.15) is 0 Å². The average molecular weight is 400 g/mol. The van der Waals surface area contributed by atoms with Gasteiger partial charge in [0.25, 0.3) is 5.91 Å². The van der Waals surface area contributed by atoms with E-state index in [0.29, 0.717) is 5.56 Å². The monoisotopic (exact) mass is 398 g/mol. The normalized spacial score (nSPS) is 14.7. The number of aromatic nitrogens is 1. The van der Waals surface area contributed by atoms with Gasteiger partial charge in [0.05, 0.1) is 15.1 Å². The van der Waals surface area contributed by atoms with Gasteiger partial charge in [-0.3, -0.25) is 4.79 Å². The second-order valence-corrected chi connectivity index (χ2v) is 6.72. The number of esters is 1. The van der Waals surface area contributed by atoms with E-state index in [-0.39, 0.29) is 26.8 Å². The second kappa shape index (κ2) is 7.60. The second-order valence-electron chi connectivity index (χ2n) is 5.56. The number of pyridine rings is 1. The molecular formula is C17H13Cl3N2O3. The molecule has 1 heterocycles. The molecule has 0 saturated heterocycles. The van der Waals surface area contributed by atoms with Crippen LogP contribution >= 0.6 is 34.8 Å². The lowest BCUT2D eigenvalue weighted by Gasteiger charge is -2.18. The van der Waals surface area contributed by atoms with Crippen LogP contribution in [-0.2, 0) is 9.53 Å². The molecule has 1 aliphatic carbocycles. The van der Waals surface area contributed by atoms with Gasteiger partial charge < -0.3 is 10.1 Å². The van der Waals surface area contributed by atoms with E-state index in [4.69, 9.17) is 39.5 Å². The Bertz CT molecular complexity index is 810. The molecule has 1 atom stereocenters. The van der Waals surface area contributed by atoms with Crippen LogP contribution in [0.3, 0.4) is 0 Å². The minimum atomic E-state index is -1.11. The van der Waals surface area contributed by atoms with E-state index in [1.165, 1.54) is 6.20 Å². The molecule has 3 rings (SSSR count). The molecule has 1 amide bonds. The first-order valence-corrected chi connectivity index (χ1v) is 8.66. The summed E-state index contributed by atoms with van der Waals surface area (Å²) in [6.07, 6.45) is 1.93. The molecule has 2 aromatic rings. The molecule has 5 nitrogen and oxygen atoms in total. The SMILES string of the molecule is O=C(O[C@H](C(=O)NC1CC1)c1ccccc1)c1ncc(Cl)c(Cl)c1Cl. The third-order valence-electron chi connectivity index (χ3n) is 3.60. The molecule has 0 radical (unpaired) electrons. The Morgan fingerprint density at radius 2 is 1.80 bits per heavy atom. The fourth-order valence-electron chi connectivity index (χ4n) is 2.15. The number of ether oxygens (including phenoxy) is 1. The molecule has 1 N–H and O–H groups in total. The van der Waals surface area contributed by atoms with Gasteiger partial charge in [-0.1, -0.05) is 65.1 Å². The van der Waals surface area contributed by atoms with Gasteiger partial charge in [-0.05, 0) is 12.8 Å². The summed E-state index contributed by atoms with van der Waals surface area (Å²) in [5.41, 5.74) is 0.349. The summed E-state index contributed by atoms with van der Waals surface area (Å²) in [5.74, 6) is -1.25. The number of hydrogen-bond acceptors (Lipinski definition) is 4. The molecule has 130 valence electrons. The Balaban J connectivity index is 1.85. The maximum Gasteiger partial charge on any atom is 0.359 e. The molecule has 0 bridgehead atoms. The summed E-state index contributed by atoms with van der Waals surface area (Å²) in [4.78, 5) is 28.8. The van der Waals surface area contributed by atoms with Crippen molar-refractivity contribution in [3.63, 3.8) is 0 Å². The van der Waals surface area contributed by atoms with Crippen molar-refractivity contribution in [1.82, 2.24) is 10.3 Å². The van der Waals surface area contributed by atoms with E-state index in [1.807, 2.05) is 0 Å². The molecule has 1 aliphatic rings. The number of benzene rings is 1. The van der Waals surface area contributed by atoms with Gasteiger partial charge in [0.15, 0.2) is 5.69 Å². The molecule has 1 aromatic heterocycles. The van der Waals surface area contributed by atoms with Crippen molar-refractivity contribution < 1.29 is 14.3 Å². The van der Waals surface area contributed by atoms with Crippen LogP contribution in [0.25, 0.3) is 0 Å². The van der Waals surface area contributed by atoms with Gasteiger partial charge in [0, 0.05) is 17.8 Å². The van der Waals surface area contributed by atoms with E-state index in [2.05, 4.69) is 10.3 Å². The van der Waals surface area contributed by atoms with E-state index < -0.39 is 18.0 Å². The summed E-state index contributed by atoms with van der Waals surface area (Å²) in [7, 11) is 0. The van der Waals surface area contributed by atoms with Crippen molar-refractivity contribution in [2.24, 2.45) is 0 Å². The van der Waals surface area contributed by atoms with E-state index in [1.54, 1.807) is 30.3 Å². The van der Waals surface area contributed by atoms with Crippen molar-refractivity contribution in [3.8, 4) is 0 Å². The van der Waals surface area contributed by atoms with E-state index in [0.717, 1.165) is 12.8 Å². The number of amides is 1. The Kier molecular flexibility index (Phi) is 5.47. The minimum absolute atomic E-state index is 0.00368. The van der Waals surface area contributed by atoms with Gasteiger partial charge in [-0.25, -0.2) is 9.78 Å². The highest BCUT2D eigenvalue weighted by Crippen LogP contribution is 2.32. The first kappa shape index (κ1) is 18.0. The van der Waals surface area contributed by atoms with Crippen LogP contribution in [0.5, 0.6) is 0 Å². The van der Waals surface area contributed by atoms with Crippen LogP contribution in [-0.4, -0.2) is 22.9 Å². The summed E-state index contributed by atoms with van der Waals surface area (Å²) in [6.45, 7) is 0. The number of carbonyl (C=O) groups is 2. The van der Waals surface area contributed by atoms with E-state index in [9.17, 15) is 9.59 Å². The van der Waals surface area contributed by atoms with Crippen LogP contribution in [0.2, 0.25) is 15.1 Å². The molecular weight excluding hydrogens is 387 g/mol. The molecule has 0 unspecified atom stereocenters. The van der Waals surface area contributed by atoms with Gasteiger partial charge in [-0.15, -0.1) is 0 Å². The number of nitrogens with one attached hydrogen (secondary N) is 1. The molecule has 8 heteroatoms. The standard InChI is InChI=1S/C17H13Cl3N2O3/c18-11-8-21-14(13(20)12(11)19)17(24)25-15(9-4-2-1-3-5-9)16(23)22-10-6-7-10/h1-5,8,10,15H,6-7H2,(H,22,23)/t15-/m0/s1. The number of halogens is 3. The van der Waals surface area contributed by atoms with Crippen LogP contribution in [0.4, 0.5) is 0 Å². The largest absolute Gasteiger partial charge is 0.443 e. The topological polar surface area (TPSA) is 68.3 Å². The van der Waals surface area contributed by atoms with Gasteiger partial charge in [0.2, 0.25) is 6.10 Å². The van der Waals surface area contributed by atoms with Crippen LogP contribution < -0.4 is 5.32 Å². The number of nitrogens with zero attached hydrogens (tertiary/aromatic N) is 1. The lowest BCUT2D eigenvalue weighted by atomic mass is 10.1. The molecule has 1 aromatic carbocycles. The Labute approximate surface area is 159 Å². The van der Waals surface area contributed by atoms with Crippen LogP contribution in [0.15, 0.2) is 36.5 Å². The zero-order chi connectivity index (χ0) is 18.0. The lowest BCUT2D eigenvalue weighted by Crippen LogP contribution is -2.33. The molecule has 0 spiro atoms. The zero-order valence-corrected chi connectivity index (χ0v) is 15.1. The van der Waals surface area contributed by atoms with Crippen LogP contribution in [0.1, 0.15) is 35.0 Å².